The van der Waals surface area contributed by atoms with E-state index in [1.165, 1.54) is 72.0 Å². The molecule has 0 N–H and O–H groups in total. The molecular formula is C58H41N. The summed E-state index contributed by atoms with van der Waals surface area (Å²) < 4.78 is 0. The fourth-order valence-corrected chi connectivity index (χ4v) is 8.35. The predicted octanol–water partition coefficient (Wildman–Crippen LogP) is 16.3. The van der Waals surface area contributed by atoms with Crippen LogP contribution in [0.3, 0.4) is 0 Å². The van der Waals surface area contributed by atoms with Crippen LogP contribution in [0, 0.1) is 0 Å². The van der Waals surface area contributed by atoms with Gasteiger partial charge in [-0.1, -0.05) is 206 Å². The van der Waals surface area contributed by atoms with Crippen molar-refractivity contribution in [2.24, 2.45) is 0 Å². The van der Waals surface area contributed by atoms with Crippen molar-refractivity contribution >= 4 is 27.8 Å². The van der Waals surface area contributed by atoms with Gasteiger partial charge < -0.3 is 4.90 Å². The summed E-state index contributed by atoms with van der Waals surface area (Å²) in [6, 6.07) is 90.0. The highest BCUT2D eigenvalue weighted by molar-refractivity contribution is 5.98. The van der Waals surface area contributed by atoms with Gasteiger partial charge in [0, 0.05) is 16.9 Å². The smallest absolute Gasteiger partial charge is 0.0540 e. The average molecular weight is 752 g/mol. The van der Waals surface area contributed by atoms with Crippen LogP contribution in [0.25, 0.3) is 77.5 Å². The summed E-state index contributed by atoms with van der Waals surface area (Å²) in [4.78, 5) is 2.42. The summed E-state index contributed by atoms with van der Waals surface area (Å²) in [6.45, 7) is 0. The van der Waals surface area contributed by atoms with E-state index in [9.17, 15) is 0 Å². The second-order valence-electron chi connectivity index (χ2n) is 14.9. The van der Waals surface area contributed by atoms with Crippen LogP contribution < -0.4 is 4.90 Å². The zero-order chi connectivity index (χ0) is 39.4. The van der Waals surface area contributed by atoms with Crippen LogP contribution in [-0.2, 0) is 0 Å². The molecule has 10 aromatic rings. The van der Waals surface area contributed by atoms with Crippen LogP contribution in [0.15, 0.2) is 249 Å². The van der Waals surface area contributed by atoms with Crippen LogP contribution in [-0.4, -0.2) is 0 Å². The van der Waals surface area contributed by atoms with Crippen molar-refractivity contribution in [1.82, 2.24) is 0 Å². The Kier molecular flexibility index (Phi) is 9.68. The summed E-state index contributed by atoms with van der Waals surface area (Å²) >= 11 is 0. The molecule has 0 aromatic heterocycles. The summed E-state index contributed by atoms with van der Waals surface area (Å²) in [5.41, 5.74) is 17.5. The molecule has 10 rings (SSSR count). The quantitative estimate of drug-likeness (QED) is 0.142. The number of anilines is 3. The lowest BCUT2D eigenvalue weighted by Crippen LogP contribution is -2.11. The SMILES string of the molecule is c1ccc(-c2ccc(N(c3cccc(-c4ccc5ccccc5c4)c3)c3ccccc3-c3ccccc3-c3cc(-c4ccccc4)ccc3-c3ccccc3)cc2)cc1. The Morgan fingerprint density at radius 3 is 1.39 bits per heavy atom. The van der Waals surface area contributed by atoms with Gasteiger partial charge >= 0.3 is 0 Å². The molecule has 1 heteroatoms. The lowest BCUT2D eigenvalue weighted by atomic mass is 9.87. The number of rotatable bonds is 9. The summed E-state index contributed by atoms with van der Waals surface area (Å²) in [7, 11) is 0. The van der Waals surface area contributed by atoms with Crippen LogP contribution in [0.5, 0.6) is 0 Å². The number of para-hydroxylation sites is 1. The fraction of sp³-hybridized carbons (Fsp3) is 0. The molecular weight excluding hydrogens is 711 g/mol. The van der Waals surface area contributed by atoms with E-state index in [0.717, 1.165) is 22.6 Å². The van der Waals surface area contributed by atoms with Gasteiger partial charge in [0.05, 0.1) is 5.69 Å². The third kappa shape index (κ3) is 7.23. The Bertz CT molecular complexity index is 3020. The first-order valence-electron chi connectivity index (χ1n) is 20.3. The molecule has 0 aliphatic rings. The molecule has 0 heterocycles. The first-order valence-corrected chi connectivity index (χ1v) is 20.3. The van der Waals surface area contributed by atoms with E-state index >= 15 is 0 Å². The van der Waals surface area contributed by atoms with Crippen molar-refractivity contribution in [3.8, 4) is 66.8 Å². The Morgan fingerprint density at radius 2 is 0.678 bits per heavy atom. The Labute approximate surface area is 346 Å². The molecule has 0 saturated carbocycles. The van der Waals surface area contributed by atoms with Crippen molar-refractivity contribution in [3.63, 3.8) is 0 Å². The average Bonchev–Trinajstić information content (AvgIpc) is 3.33. The fourth-order valence-electron chi connectivity index (χ4n) is 8.35. The van der Waals surface area contributed by atoms with E-state index in [1.807, 2.05) is 0 Å². The van der Waals surface area contributed by atoms with Crippen LogP contribution in [0.4, 0.5) is 17.1 Å². The van der Waals surface area contributed by atoms with Crippen LogP contribution >= 0.6 is 0 Å². The van der Waals surface area contributed by atoms with Crippen molar-refractivity contribution in [1.29, 1.82) is 0 Å². The molecule has 0 aliphatic heterocycles. The minimum Gasteiger partial charge on any atom is -0.310 e. The summed E-state index contributed by atoms with van der Waals surface area (Å²) in [5.74, 6) is 0. The molecule has 0 spiro atoms. The van der Waals surface area contributed by atoms with Gasteiger partial charge in [0.15, 0.2) is 0 Å². The standard InChI is InChI=1S/C58H41N/c1-4-17-42(18-5-1)45-33-36-51(37-34-45)59(52-26-16-25-48(40-52)49-32-31-44-21-10-11-24-47(44)39-49)58-30-15-14-29-56(58)54-27-12-13-28-55(54)57-41-50(43-19-6-2-7-20-43)35-38-53(57)46-22-8-3-9-23-46/h1-41H. The summed E-state index contributed by atoms with van der Waals surface area (Å²) in [6.07, 6.45) is 0. The van der Waals surface area contributed by atoms with E-state index < -0.39 is 0 Å². The van der Waals surface area contributed by atoms with Gasteiger partial charge in [-0.3, -0.25) is 0 Å². The van der Waals surface area contributed by atoms with Crippen molar-refractivity contribution in [2.75, 3.05) is 4.90 Å². The van der Waals surface area contributed by atoms with Crippen LogP contribution in [0.2, 0.25) is 0 Å². The van der Waals surface area contributed by atoms with Crippen LogP contribution in [0.1, 0.15) is 0 Å². The molecule has 0 atom stereocenters. The highest BCUT2D eigenvalue weighted by Gasteiger charge is 2.21. The monoisotopic (exact) mass is 751 g/mol. The third-order valence-electron chi connectivity index (χ3n) is 11.3. The maximum Gasteiger partial charge on any atom is 0.0540 e. The zero-order valence-corrected chi connectivity index (χ0v) is 32.6. The molecule has 0 aliphatic carbocycles. The lowest BCUT2D eigenvalue weighted by Gasteiger charge is -2.29. The summed E-state index contributed by atoms with van der Waals surface area (Å²) in [5, 5.41) is 2.47. The molecule has 0 radical (unpaired) electrons. The normalized spacial score (nSPS) is 11.1. The predicted molar refractivity (Wildman–Crippen MR) is 251 cm³/mol. The van der Waals surface area contributed by atoms with E-state index in [4.69, 9.17) is 0 Å². The number of hydrogen-bond acceptors (Lipinski definition) is 1. The second-order valence-corrected chi connectivity index (χ2v) is 14.9. The zero-order valence-electron chi connectivity index (χ0n) is 32.6. The molecule has 1 nitrogen and oxygen atoms in total. The van der Waals surface area contributed by atoms with E-state index in [-0.39, 0.29) is 0 Å². The number of nitrogens with zero attached hydrogens (tertiary/aromatic N) is 1. The topological polar surface area (TPSA) is 3.24 Å². The molecule has 10 aromatic carbocycles. The van der Waals surface area contributed by atoms with Gasteiger partial charge in [0.2, 0.25) is 0 Å². The van der Waals surface area contributed by atoms with E-state index in [0.29, 0.717) is 0 Å². The highest BCUT2D eigenvalue weighted by atomic mass is 15.1. The largest absolute Gasteiger partial charge is 0.310 e. The van der Waals surface area contributed by atoms with Gasteiger partial charge in [-0.2, -0.15) is 0 Å². The molecule has 0 unspecified atom stereocenters. The number of fused-ring (bicyclic) bond motifs is 1. The van der Waals surface area contributed by atoms with Crippen molar-refractivity contribution in [3.05, 3.63) is 249 Å². The van der Waals surface area contributed by atoms with Gasteiger partial charge in [-0.25, -0.2) is 0 Å². The lowest BCUT2D eigenvalue weighted by molar-refractivity contribution is 1.28. The van der Waals surface area contributed by atoms with Crippen molar-refractivity contribution < 1.29 is 0 Å². The second kappa shape index (κ2) is 16.0. The first-order chi connectivity index (χ1) is 29.3. The molecule has 278 valence electrons. The Hall–Kier alpha value is -7.74. The Balaban J connectivity index is 1.16. The maximum absolute atomic E-state index is 2.42. The van der Waals surface area contributed by atoms with Gasteiger partial charge in [0.1, 0.15) is 0 Å². The first kappa shape index (κ1) is 35.7. The van der Waals surface area contributed by atoms with Gasteiger partial charge in [0.25, 0.3) is 0 Å². The van der Waals surface area contributed by atoms with Gasteiger partial charge in [-0.15, -0.1) is 0 Å². The molecule has 0 amide bonds. The van der Waals surface area contributed by atoms with Gasteiger partial charge in [-0.05, 0) is 114 Å². The highest BCUT2D eigenvalue weighted by Crippen LogP contribution is 2.46. The van der Waals surface area contributed by atoms with E-state index in [2.05, 4.69) is 254 Å². The van der Waals surface area contributed by atoms with E-state index in [1.54, 1.807) is 0 Å². The minimum absolute atomic E-state index is 1.08. The van der Waals surface area contributed by atoms with Crippen molar-refractivity contribution in [2.45, 2.75) is 0 Å². The minimum atomic E-state index is 1.08. The molecule has 0 bridgehead atoms. The third-order valence-corrected chi connectivity index (χ3v) is 11.3. The number of benzene rings is 10. The number of hydrogen-bond donors (Lipinski definition) is 0. The molecule has 0 saturated heterocycles. The maximum atomic E-state index is 2.42. The Morgan fingerprint density at radius 1 is 0.203 bits per heavy atom. The molecule has 59 heavy (non-hydrogen) atoms. The molecule has 0 fully saturated rings.